The molecule has 9 heteroatoms. The van der Waals surface area contributed by atoms with Crippen molar-refractivity contribution in [2.75, 3.05) is 26.3 Å². The third-order valence-corrected chi connectivity index (χ3v) is 8.37. The Morgan fingerprint density at radius 1 is 1.38 bits per heavy atom. The molecule has 0 aromatic carbocycles. The van der Waals surface area contributed by atoms with E-state index in [4.69, 9.17) is 9.47 Å². The molecule has 3 saturated heterocycles. The van der Waals surface area contributed by atoms with Gasteiger partial charge in [-0.25, -0.2) is 0 Å². The maximum atomic E-state index is 14.2. The van der Waals surface area contributed by atoms with E-state index in [9.17, 15) is 19.5 Å². The van der Waals surface area contributed by atoms with E-state index in [1.807, 2.05) is 13.8 Å². The first-order valence-corrected chi connectivity index (χ1v) is 13.4. The minimum absolute atomic E-state index is 0.0922. The number of halogens is 1. The van der Waals surface area contributed by atoms with Gasteiger partial charge in [-0.15, -0.1) is 6.58 Å². The van der Waals surface area contributed by atoms with Crippen LogP contribution >= 0.6 is 15.9 Å². The number of nitrogens with zero attached hydrogens (tertiary/aromatic N) is 2. The Labute approximate surface area is 211 Å². The van der Waals surface area contributed by atoms with Crippen LogP contribution in [0.3, 0.4) is 0 Å². The molecule has 8 nitrogen and oxygen atoms in total. The zero-order chi connectivity index (χ0) is 25.2. The summed E-state index contributed by atoms with van der Waals surface area (Å²) < 4.78 is 11.8. The molecule has 0 aliphatic carbocycles. The third kappa shape index (κ3) is 4.44. The van der Waals surface area contributed by atoms with E-state index in [-0.39, 0.29) is 35.8 Å². The summed E-state index contributed by atoms with van der Waals surface area (Å²) >= 11 is 3.65. The zero-order valence-corrected chi connectivity index (χ0v) is 22.3. The van der Waals surface area contributed by atoms with Gasteiger partial charge in [-0.2, -0.15) is 0 Å². The molecule has 0 aromatic heterocycles. The SMILES string of the molecule is C=CCN(CCCCC)C(=O)[C@H]1N([C@@H](CO)C(C)C)C(=O)[C@@H]2[C@@H](C(=O)OCC)[C@@H]3O[C@@]21CC3Br. The highest BCUT2D eigenvalue weighted by Crippen LogP contribution is 2.60. The number of likely N-dealkylation sites (tertiary alicyclic amines) is 1. The Hall–Kier alpha value is -1.45. The molecular weight excluding hydrogens is 504 g/mol. The number of aliphatic hydroxyl groups is 1. The third-order valence-electron chi connectivity index (χ3n) is 7.53. The second-order valence-corrected chi connectivity index (χ2v) is 11.1. The van der Waals surface area contributed by atoms with Crippen molar-refractivity contribution in [3.8, 4) is 0 Å². The molecule has 1 unspecified atom stereocenters. The van der Waals surface area contributed by atoms with E-state index in [2.05, 4.69) is 29.4 Å². The maximum absolute atomic E-state index is 14.2. The number of alkyl halides is 1. The van der Waals surface area contributed by atoms with E-state index >= 15 is 0 Å². The van der Waals surface area contributed by atoms with Gasteiger partial charge in [0, 0.05) is 17.9 Å². The largest absolute Gasteiger partial charge is 0.466 e. The summed E-state index contributed by atoms with van der Waals surface area (Å²) in [5, 5.41) is 10.3. The molecular formula is C25H39BrN2O6. The number of hydrogen-bond acceptors (Lipinski definition) is 6. The van der Waals surface area contributed by atoms with Crippen LogP contribution in [0.2, 0.25) is 0 Å². The summed E-state index contributed by atoms with van der Waals surface area (Å²) in [4.78, 5) is 44.2. The summed E-state index contributed by atoms with van der Waals surface area (Å²) in [6, 6.07) is -1.49. The van der Waals surface area contributed by atoms with Crippen LogP contribution in [-0.4, -0.2) is 87.6 Å². The molecule has 2 amide bonds. The highest BCUT2D eigenvalue weighted by atomic mass is 79.9. The van der Waals surface area contributed by atoms with Gasteiger partial charge >= 0.3 is 5.97 Å². The van der Waals surface area contributed by atoms with Gasteiger partial charge < -0.3 is 24.4 Å². The summed E-state index contributed by atoms with van der Waals surface area (Å²) in [5.41, 5.74) is -1.14. The molecule has 3 aliphatic rings. The van der Waals surface area contributed by atoms with E-state index in [1.165, 1.54) is 4.90 Å². The van der Waals surface area contributed by atoms with Crippen LogP contribution in [0.5, 0.6) is 0 Å². The number of aliphatic hydroxyl groups excluding tert-OH is 1. The topological polar surface area (TPSA) is 96.4 Å². The highest BCUT2D eigenvalue weighted by Gasteiger charge is 2.77. The van der Waals surface area contributed by atoms with Gasteiger partial charge in [-0.3, -0.25) is 14.4 Å². The second kappa shape index (κ2) is 11.1. The average molecular weight is 543 g/mol. The second-order valence-electron chi connectivity index (χ2n) is 9.94. The van der Waals surface area contributed by atoms with Crippen LogP contribution in [0.15, 0.2) is 12.7 Å². The van der Waals surface area contributed by atoms with Gasteiger partial charge in [0.05, 0.1) is 37.2 Å². The Kier molecular flexibility index (Phi) is 8.85. The lowest BCUT2D eigenvalue weighted by atomic mass is 9.70. The van der Waals surface area contributed by atoms with Crippen molar-refractivity contribution in [1.82, 2.24) is 9.80 Å². The number of fused-ring (bicyclic) bond motifs is 1. The minimum Gasteiger partial charge on any atom is -0.466 e. The van der Waals surface area contributed by atoms with Gasteiger partial charge in [-0.05, 0) is 25.7 Å². The van der Waals surface area contributed by atoms with Crippen LogP contribution < -0.4 is 0 Å². The van der Waals surface area contributed by atoms with Crippen LogP contribution in [0.25, 0.3) is 0 Å². The van der Waals surface area contributed by atoms with Crippen LogP contribution in [0.1, 0.15) is 53.4 Å². The van der Waals surface area contributed by atoms with Gasteiger partial charge in [0.25, 0.3) is 0 Å². The molecule has 34 heavy (non-hydrogen) atoms. The monoisotopic (exact) mass is 542 g/mol. The lowest BCUT2D eigenvalue weighted by Gasteiger charge is -2.40. The van der Waals surface area contributed by atoms with Crippen molar-refractivity contribution in [2.45, 2.75) is 82.0 Å². The van der Waals surface area contributed by atoms with Crippen LogP contribution in [0, 0.1) is 17.8 Å². The standard InChI is InChI=1S/C25H39BrN2O6/c1-6-9-10-12-27(11-7-2)23(31)21-25-13-16(26)20(34-25)18(24(32)33-8-3)19(25)22(30)28(21)17(14-29)15(4)5/h7,15-21,29H,2,6,8-14H2,1,3-5H3/t16?,17-,18+,19-,20+,21+,25-/m0/s1. The predicted octanol–water partition coefficient (Wildman–Crippen LogP) is 2.52. The number of carbonyl (C=O) groups excluding carboxylic acids is 3. The van der Waals surface area contributed by atoms with Crippen molar-refractivity contribution >= 4 is 33.7 Å². The predicted molar refractivity (Wildman–Crippen MR) is 131 cm³/mol. The molecule has 1 N–H and O–H groups in total. The lowest BCUT2D eigenvalue weighted by Crippen LogP contribution is -2.60. The molecule has 3 aliphatic heterocycles. The quantitative estimate of drug-likeness (QED) is 0.176. The first kappa shape index (κ1) is 27.1. The van der Waals surface area contributed by atoms with Crippen molar-refractivity contribution in [1.29, 1.82) is 0 Å². The molecule has 3 heterocycles. The first-order chi connectivity index (χ1) is 16.2. The summed E-state index contributed by atoms with van der Waals surface area (Å²) in [6.07, 6.45) is 4.44. The Bertz CT molecular complexity index is 791. The zero-order valence-electron chi connectivity index (χ0n) is 20.7. The highest BCUT2D eigenvalue weighted by molar-refractivity contribution is 9.09. The number of unbranched alkanes of at least 4 members (excludes halogenated alkanes) is 2. The molecule has 3 fully saturated rings. The van der Waals surface area contributed by atoms with E-state index < -0.39 is 41.6 Å². The molecule has 2 bridgehead atoms. The first-order valence-electron chi connectivity index (χ1n) is 12.5. The average Bonchev–Trinajstić information content (AvgIpc) is 3.37. The molecule has 0 saturated carbocycles. The summed E-state index contributed by atoms with van der Waals surface area (Å²) in [7, 11) is 0. The number of hydrogen-bond donors (Lipinski definition) is 1. The van der Waals surface area contributed by atoms with Crippen molar-refractivity contribution in [3.63, 3.8) is 0 Å². The van der Waals surface area contributed by atoms with Crippen molar-refractivity contribution in [3.05, 3.63) is 12.7 Å². The number of amides is 2. The van der Waals surface area contributed by atoms with Gasteiger partial charge in [0.2, 0.25) is 11.8 Å². The smallest absolute Gasteiger partial charge is 0.312 e. The lowest BCUT2D eigenvalue weighted by molar-refractivity contribution is -0.156. The van der Waals surface area contributed by atoms with E-state index in [0.717, 1.165) is 19.3 Å². The number of ether oxygens (including phenoxy) is 2. The molecule has 1 spiro atoms. The Morgan fingerprint density at radius 2 is 2.09 bits per heavy atom. The molecule has 7 atom stereocenters. The fraction of sp³-hybridized carbons (Fsp3) is 0.800. The summed E-state index contributed by atoms with van der Waals surface area (Å²) in [6.45, 7) is 12.3. The summed E-state index contributed by atoms with van der Waals surface area (Å²) in [5.74, 6) is -2.68. The van der Waals surface area contributed by atoms with E-state index in [1.54, 1.807) is 17.9 Å². The van der Waals surface area contributed by atoms with Gasteiger partial charge in [0.15, 0.2) is 0 Å². The Balaban J connectivity index is 2.08. The van der Waals surface area contributed by atoms with E-state index in [0.29, 0.717) is 19.5 Å². The molecule has 0 aromatic rings. The van der Waals surface area contributed by atoms with Crippen molar-refractivity contribution < 1.29 is 29.0 Å². The molecule has 3 rings (SSSR count). The van der Waals surface area contributed by atoms with Gasteiger partial charge in [-0.1, -0.05) is 55.6 Å². The maximum Gasteiger partial charge on any atom is 0.312 e. The van der Waals surface area contributed by atoms with Crippen LogP contribution in [-0.2, 0) is 23.9 Å². The molecule has 0 radical (unpaired) electrons. The Morgan fingerprint density at radius 3 is 2.65 bits per heavy atom. The van der Waals surface area contributed by atoms with Crippen molar-refractivity contribution in [2.24, 2.45) is 17.8 Å². The normalized spacial score (nSPS) is 32.7. The fourth-order valence-electron chi connectivity index (χ4n) is 6.00. The fourth-order valence-corrected chi connectivity index (χ4v) is 6.95. The number of carbonyl (C=O) groups is 3. The van der Waals surface area contributed by atoms with Gasteiger partial charge in [0.1, 0.15) is 11.6 Å². The van der Waals surface area contributed by atoms with Crippen LogP contribution in [0.4, 0.5) is 0 Å². The molecule has 192 valence electrons. The minimum atomic E-state index is -1.14. The number of esters is 1. The number of rotatable bonds is 12.